The minimum atomic E-state index is 0.746. The highest BCUT2D eigenvalue weighted by Crippen LogP contribution is 2.21. The Labute approximate surface area is 228 Å². The minimum absolute atomic E-state index is 0.746. The first-order valence-corrected chi connectivity index (χ1v) is 16.6. The van der Waals surface area contributed by atoms with Crippen LogP contribution in [0.25, 0.3) is 0 Å². The van der Waals surface area contributed by atoms with Gasteiger partial charge in [0.05, 0.1) is 0 Å². The lowest BCUT2D eigenvalue weighted by molar-refractivity contribution is -0.107. The van der Waals surface area contributed by atoms with E-state index in [0.717, 1.165) is 25.0 Å². The fourth-order valence-electron chi connectivity index (χ4n) is 5.13. The molecule has 0 aliphatic carbocycles. The van der Waals surface area contributed by atoms with Crippen molar-refractivity contribution >= 4 is 6.29 Å². The lowest BCUT2D eigenvalue weighted by atomic mass is 9.93. The summed E-state index contributed by atoms with van der Waals surface area (Å²) in [6, 6.07) is 0. The van der Waals surface area contributed by atoms with Crippen LogP contribution in [0.1, 0.15) is 187 Å². The third kappa shape index (κ3) is 29.4. The lowest BCUT2D eigenvalue weighted by Crippen LogP contribution is -1.97. The van der Waals surface area contributed by atoms with Crippen LogP contribution >= 0.6 is 0 Å². The van der Waals surface area contributed by atoms with Crippen molar-refractivity contribution in [3.8, 4) is 0 Å². The molecule has 0 aromatic heterocycles. The number of hydrogen-bond acceptors (Lipinski definition) is 1. The number of carbonyl (C=O) groups excluding carboxylic acids is 1. The van der Waals surface area contributed by atoms with Crippen LogP contribution in [0.4, 0.5) is 0 Å². The van der Waals surface area contributed by atoms with Gasteiger partial charge in [-0.05, 0) is 63.7 Å². The Morgan fingerprint density at radius 1 is 0.417 bits per heavy atom. The summed E-state index contributed by atoms with van der Waals surface area (Å²) < 4.78 is 0. The average Bonchev–Trinajstić information content (AvgIpc) is 2.89. The molecule has 0 aliphatic rings. The van der Waals surface area contributed by atoms with E-state index >= 15 is 0 Å². The molecule has 0 aliphatic heterocycles. The van der Waals surface area contributed by atoms with Crippen molar-refractivity contribution in [1.82, 2.24) is 0 Å². The maximum atomic E-state index is 10.4. The van der Waals surface area contributed by atoms with E-state index in [-0.39, 0.29) is 0 Å². The van der Waals surface area contributed by atoms with Crippen molar-refractivity contribution in [3.63, 3.8) is 0 Å². The third-order valence-corrected chi connectivity index (χ3v) is 7.62. The fraction of sp³-hybridized carbons (Fsp3) is 0.857. The zero-order chi connectivity index (χ0) is 26.2. The summed E-state index contributed by atoms with van der Waals surface area (Å²) >= 11 is 0. The molecule has 1 unspecified atom stereocenters. The molecule has 0 spiro atoms. The van der Waals surface area contributed by atoms with Crippen LogP contribution in [-0.4, -0.2) is 6.29 Å². The number of rotatable bonds is 30. The maximum absolute atomic E-state index is 10.4. The second kappa shape index (κ2) is 32.2. The Morgan fingerprint density at radius 2 is 0.778 bits per heavy atom. The summed E-state index contributed by atoms with van der Waals surface area (Å²) in [5.74, 6) is 0.811. The quantitative estimate of drug-likeness (QED) is 0.0542. The van der Waals surface area contributed by atoms with Crippen molar-refractivity contribution in [2.45, 2.75) is 187 Å². The van der Waals surface area contributed by atoms with E-state index in [0.29, 0.717) is 0 Å². The Bertz CT molecular complexity index is 463. The van der Waals surface area contributed by atoms with Crippen LogP contribution < -0.4 is 0 Å². The minimum Gasteiger partial charge on any atom is -0.303 e. The summed E-state index contributed by atoms with van der Waals surface area (Å²) in [6.07, 6.45) is 47.0. The van der Waals surface area contributed by atoms with E-state index in [1.54, 1.807) is 0 Å². The van der Waals surface area contributed by atoms with Crippen molar-refractivity contribution < 1.29 is 4.79 Å². The predicted octanol–water partition coefficient (Wildman–Crippen LogP) is 12.5. The smallest absolute Gasteiger partial charge is 0.119 e. The average molecular weight is 503 g/mol. The molecule has 0 aromatic carbocycles. The van der Waals surface area contributed by atoms with Gasteiger partial charge in [0.15, 0.2) is 0 Å². The van der Waals surface area contributed by atoms with E-state index in [2.05, 4.69) is 38.2 Å². The van der Waals surface area contributed by atoms with Gasteiger partial charge in [0.2, 0.25) is 0 Å². The van der Waals surface area contributed by atoms with Gasteiger partial charge in [0.25, 0.3) is 0 Å². The largest absolute Gasteiger partial charge is 0.303 e. The zero-order valence-corrected chi connectivity index (χ0v) is 25.0. The molecule has 0 saturated carbocycles. The Morgan fingerprint density at radius 3 is 1.25 bits per heavy atom. The highest BCUT2D eigenvalue weighted by atomic mass is 16.1. The van der Waals surface area contributed by atoms with Crippen LogP contribution in [0.5, 0.6) is 0 Å². The molecule has 0 rings (SSSR count). The second-order valence-corrected chi connectivity index (χ2v) is 11.3. The van der Waals surface area contributed by atoms with Crippen LogP contribution in [0.3, 0.4) is 0 Å². The molecule has 1 atom stereocenters. The SMILES string of the molecule is CCCCCCCC/C=C/CCCCCCCCC(C=CCCCCCCCC=O)CCCCCC. The maximum Gasteiger partial charge on any atom is 0.119 e. The monoisotopic (exact) mass is 503 g/mol. The molecule has 0 bridgehead atoms. The van der Waals surface area contributed by atoms with Gasteiger partial charge in [-0.2, -0.15) is 0 Å². The van der Waals surface area contributed by atoms with Gasteiger partial charge < -0.3 is 4.79 Å². The van der Waals surface area contributed by atoms with Gasteiger partial charge in [0, 0.05) is 6.42 Å². The molecule has 0 radical (unpaired) electrons. The molecule has 0 amide bonds. The number of unbranched alkanes of at least 4 members (excludes halogenated alkanes) is 21. The number of allylic oxidation sites excluding steroid dienone is 4. The van der Waals surface area contributed by atoms with Gasteiger partial charge in [-0.25, -0.2) is 0 Å². The van der Waals surface area contributed by atoms with Gasteiger partial charge in [0.1, 0.15) is 6.29 Å². The molecule has 212 valence electrons. The summed E-state index contributed by atoms with van der Waals surface area (Å²) in [5, 5.41) is 0. The van der Waals surface area contributed by atoms with Crippen LogP contribution in [-0.2, 0) is 4.79 Å². The van der Waals surface area contributed by atoms with E-state index in [1.807, 2.05) is 0 Å². The first-order valence-electron chi connectivity index (χ1n) is 16.6. The van der Waals surface area contributed by atoms with Crippen LogP contribution in [0, 0.1) is 5.92 Å². The first kappa shape index (κ1) is 35.2. The molecule has 1 heteroatoms. The zero-order valence-electron chi connectivity index (χ0n) is 25.0. The standard InChI is InChI=1S/C35H66O/c1-3-5-7-9-10-11-12-13-14-15-16-17-18-21-24-28-32-35(31-27-8-6-4-2)33-29-25-22-19-20-23-26-30-34-36/h13-14,29,33-35H,3-12,15-28,30-32H2,1-2H3/b14-13+,33-29?. The summed E-state index contributed by atoms with van der Waals surface area (Å²) in [5.41, 5.74) is 0. The molecular formula is C35H66O. The number of carbonyl (C=O) groups is 1. The number of aldehydes is 1. The van der Waals surface area contributed by atoms with Crippen molar-refractivity contribution in [3.05, 3.63) is 24.3 Å². The molecule has 0 fully saturated rings. The molecular weight excluding hydrogens is 436 g/mol. The van der Waals surface area contributed by atoms with Crippen LogP contribution in [0.2, 0.25) is 0 Å². The fourth-order valence-corrected chi connectivity index (χ4v) is 5.13. The van der Waals surface area contributed by atoms with Gasteiger partial charge in [-0.3, -0.25) is 0 Å². The van der Waals surface area contributed by atoms with Gasteiger partial charge >= 0.3 is 0 Å². The summed E-state index contributed by atoms with van der Waals surface area (Å²) in [6.45, 7) is 4.60. The molecule has 0 heterocycles. The molecule has 0 saturated heterocycles. The Kier molecular flexibility index (Phi) is 31.4. The Balaban J connectivity index is 3.74. The third-order valence-electron chi connectivity index (χ3n) is 7.62. The van der Waals surface area contributed by atoms with Crippen molar-refractivity contribution in [2.75, 3.05) is 0 Å². The van der Waals surface area contributed by atoms with Gasteiger partial charge in [-0.15, -0.1) is 0 Å². The van der Waals surface area contributed by atoms with Gasteiger partial charge in [-0.1, -0.05) is 147 Å². The topological polar surface area (TPSA) is 17.1 Å². The van der Waals surface area contributed by atoms with Crippen molar-refractivity contribution in [1.29, 1.82) is 0 Å². The van der Waals surface area contributed by atoms with Crippen molar-refractivity contribution in [2.24, 2.45) is 5.92 Å². The normalized spacial score (nSPS) is 12.7. The second-order valence-electron chi connectivity index (χ2n) is 11.3. The first-order chi connectivity index (χ1) is 17.8. The molecule has 0 aromatic rings. The summed E-state index contributed by atoms with van der Waals surface area (Å²) in [7, 11) is 0. The van der Waals surface area contributed by atoms with Crippen LogP contribution in [0.15, 0.2) is 24.3 Å². The lowest BCUT2D eigenvalue weighted by Gasteiger charge is -2.13. The van der Waals surface area contributed by atoms with E-state index in [9.17, 15) is 4.79 Å². The van der Waals surface area contributed by atoms with E-state index < -0.39 is 0 Å². The predicted molar refractivity (Wildman–Crippen MR) is 164 cm³/mol. The molecule has 36 heavy (non-hydrogen) atoms. The summed E-state index contributed by atoms with van der Waals surface area (Å²) in [4.78, 5) is 10.4. The highest BCUT2D eigenvalue weighted by molar-refractivity contribution is 5.48. The highest BCUT2D eigenvalue weighted by Gasteiger charge is 2.05. The van der Waals surface area contributed by atoms with E-state index in [4.69, 9.17) is 0 Å². The van der Waals surface area contributed by atoms with E-state index in [1.165, 1.54) is 161 Å². The molecule has 0 N–H and O–H groups in total. The number of hydrogen-bond donors (Lipinski definition) is 0. The molecule has 1 nitrogen and oxygen atoms in total. The Hall–Kier alpha value is -0.850.